The van der Waals surface area contributed by atoms with Crippen LogP contribution < -0.4 is 5.32 Å². The molecule has 3 nitrogen and oxygen atoms in total. The summed E-state index contributed by atoms with van der Waals surface area (Å²) in [7, 11) is 2.00. The van der Waals surface area contributed by atoms with Crippen LogP contribution in [0.5, 0.6) is 0 Å². The van der Waals surface area contributed by atoms with Gasteiger partial charge in [0.1, 0.15) is 0 Å². The highest BCUT2D eigenvalue weighted by molar-refractivity contribution is 8.07. The summed E-state index contributed by atoms with van der Waals surface area (Å²) in [6.45, 7) is 7.47. The van der Waals surface area contributed by atoms with Crippen molar-refractivity contribution in [3.63, 3.8) is 0 Å². The molecule has 120 valence electrons. The first-order chi connectivity index (χ1) is 10.1. The summed E-state index contributed by atoms with van der Waals surface area (Å²) < 4.78 is 1.95. The van der Waals surface area contributed by atoms with Gasteiger partial charge in [0, 0.05) is 41.5 Å². The average molecular weight is 348 g/mol. The standard InChI is InChI=1S/C15H26ClN3S2/c1-5-13-15(21-8-7-20-13)11(17-6-2)9-12-14(16)10(3)18-19(12)4/h11,13,15,17H,5-9H2,1-4H3. The van der Waals surface area contributed by atoms with Gasteiger partial charge in [0.05, 0.1) is 16.4 Å². The highest BCUT2D eigenvalue weighted by atomic mass is 35.5. The van der Waals surface area contributed by atoms with E-state index in [0.29, 0.717) is 11.3 Å². The SMILES string of the molecule is CCNC(Cc1c(Cl)c(C)nn1C)C1SCCSC1CC. The van der Waals surface area contributed by atoms with Crippen LogP contribution in [0.2, 0.25) is 5.02 Å². The number of nitrogens with one attached hydrogen (secondary N) is 1. The van der Waals surface area contributed by atoms with Crippen molar-refractivity contribution in [2.75, 3.05) is 18.1 Å². The van der Waals surface area contributed by atoms with Crippen molar-refractivity contribution in [2.45, 2.75) is 50.2 Å². The second-order valence-corrected chi connectivity index (χ2v) is 8.50. The van der Waals surface area contributed by atoms with Crippen LogP contribution in [0.3, 0.4) is 0 Å². The van der Waals surface area contributed by atoms with Crippen molar-refractivity contribution in [1.29, 1.82) is 0 Å². The highest BCUT2D eigenvalue weighted by Gasteiger charge is 2.32. The molecule has 1 aromatic rings. The van der Waals surface area contributed by atoms with E-state index in [1.165, 1.54) is 17.9 Å². The van der Waals surface area contributed by atoms with Crippen molar-refractivity contribution in [3.8, 4) is 0 Å². The largest absolute Gasteiger partial charge is 0.313 e. The maximum atomic E-state index is 6.44. The second kappa shape index (κ2) is 8.14. The van der Waals surface area contributed by atoms with Crippen LogP contribution in [-0.4, -0.2) is 44.4 Å². The molecule has 0 saturated carbocycles. The number of aromatic nitrogens is 2. The van der Waals surface area contributed by atoms with E-state index in [2.05, 4.69) is 47.8 Å². The molecule has 0 bridgehead atoms. The lowest BCUT2D eigenvalue weighted by Gasteiger charge is -2.36. The van der Waals surface area contributed by atoms with Crippen LogP contribution in [0.25, 0.3) is 0 Å². The molecule has 0 amide bonds. The van der Waals surface area contributed by atoms with Crippen LogP contribution in [0, 0.1) is 6.92 Å². The fourth-order valence-electron chi connectivity index (χ4n) is 2.99. The van der Waals surface area contributed by atoms with E-state index in [1.807, 2.05) is 18.7 Å². The van der Waals surface area contributed by atoms with E-state index in [-0.39, 0.29) is 0 Å². The molecule has 1 aliphatic rings. The smallest absolute Gasteiger partial charge is 0.0847 e. The molecule has 1 fully saturated rings. The maximum Gasteiger partial charge on any atom is 0.0847 e. The van der Waals surface area contributed by atoms with Gasteiger partial charge in [-0.15, -0.1) is 0 Å². The number of hydrogen-bond donors (Lipinski definition) is 1. The van der Waals surface area contributed by atoms with Crippen LogP contribution in [0.4, 0.5) is 0 Å². The van der Waals surface area contributed by atoms with Gasteiger partial charge in [-0.1, -0.05) is 25.4 Å². The summed E-state index contributed by atoms with van der Waals surface area (Å²) in [6, 6.07) is 0.463. The van der Waals surface area contributed by atoms with Crippen molar-refractivity contribution in [2.24, 2.45) is 7.05 Å². The third-order valence-corrected chi connectivity index (χ3v) is 7.93. The Hall–Kier alpha value is 0.160. The Bertz CT molecular complexity index is 464. The Morgan fingerprint density at radius 2 is 2.10 bits per heavy atom. The van der Waals surface area contributed by atoms with Crippen LogP contribution in [0.1, 0.15) is 31.7 Å². The summed E-state index contributed by atoms with van der Waals surface area (Å²) in [6.07, 6.45) is 2.20. The van der Waals surface area contributed by atoms with Gasteiger partial charge in [0.2, 0.25) is 0 Å². The number of likely N-dealkylation sites (N-methyl/N-ethyl adjacent to an activating group) is 1. The Kier molecular flexibility index (Phi) is 6.79. The zero-order valence-electron chi connectivity index (χ0n) is 13.4. The van der Waals surface area contributed by atoms with E-state index in [0.717, 1.165) is 34.6 Å². The molecule has 0 aromatic carbocycles. The van der Waals surface area contributed by atoms with Gasteiger partial charge in [0.15, 0.2) is 0 Å². The lowest BCUT2D eigenvalue weighted by molar-refractivity contribution is 0.477. The van der Waals surface area contributed by atoms with Crippen molar-refractivity contribution in [3.05, 3.63) is 16.4 Å². The minimum Gasteiger partial charge on any atom is -0.313 e. The predicted octanol–water partition coefficient (Wildman–Crippen LogP) is 3.53. The molecule has 0 aliphatic carbocycles. The molecule has 0 spiro atoms. The van der Waals surface area contributed by atoms with Crippen molar-refractivity contribution >= 4 is 35.1 Å². The Labute approximate surface area is 142 Å². The lowest BCUT2D eigenvalue weighted by Crippen LogP contribution is -2.46. The molecule has 6 heteroatoms. The fraction of sp³-hybridized carbons (Fsp3) is 0.800. The van der Waals surface area contributed by atoms with Crippen LogP contribution in [0.15, 0.2) is 0 Å². The Morgan fingerprint density at radius 1 is 1.38 bits per heavy atom. The molecule has 21 heavy (non-hydrogen) atoms. The molecule has 2 rings (SSSR count). The first kappa shape index (κ1) is 17.5. The average Bonchev–Trinajstić information content (AvgIpc) is 2.73. The molecule has 1 N–H and O–H groups in total. The quantitative estimate of drug-likeness (QED) is 0.852. The van der Waals surface area contributed by atoms with E-state index >= 15 is 0 Å². The van der Waals surface area contributed by atoms with Gasteiger partial charge in [-0.3, -0.25) is 4.68 Å². The molecule has 3 atom stereocenters. The highest BCUT2D eigenvalue weighted by Crippen LogP contribution is 2.36. The maximum absolute atomic E-state index is 6.44. The summed E-state index contributed by atoms with van der Waals surface area (Å²) in [4.78, 5) is 0. The number of hydrogen-bond acceptors (Lipinski definition) is 4. The van der Waals surface area contributed by atoms with Gasteiger partial charge < -0.3 is 5.32 Å². The topological polar surface area (TPSA) is 29.9 Å². The van der Waals surface area contributed by atoms with Gasteiger partial charge in [-0.05, 0) is 19.9 Å². The lowest BCUT2D eigenvalue weighted by atomic mass is 10.0. The van der Waals surface area contributed by atoms with Gasteiger partial charge >= 0.3 is 0 Å². The summed E-state index contributed by atoms with van der Waals surface area (Å²) in [5.41, 5.74) is 2.09. The number of thioether (sulfide) groups is 2. The minimum atomic E-state index is 0.463. The number of rotatable bonds is 6. The molecular formula is C15H26ClN3S2. The molecule has 0 radical (unpaired) electrons. The molecule has 1 aromatic heterocycles. The predicted molar refractivity (Wildman–Crippen MR) is 96.9 cm³/mol. The molecule has 1 saturated heterocycles. The molecule has 3 unspecified atom stereocenters. The number of aryl methyl sites for hydroxylation is 2. The normalized spacial score (nSPS) is 24.2. The van der Waals surface area contributed by atoms with Gasteiger partial charge in [-0.2, -0.15) is 28.6 Å². The van der Waals surface area contributed by atoms with E-state index in [1.54, 1.807) is 0 Å². The Morgan fingerprint density at radius 3 is 2.67 bits per heavy atom. The van der Waals surface area contributed by atoms with Crippen molar-refractivity contribution in [1.82, 2.24) is 15.1 Å². The van der Waals surface area contributed by atoms with E-state index in [4.69, 9.17) is 11.6 Å². The Balaban J connectivity index is 2.18. The zero-order valence-corrected chi connectivity index (χ0v) is 15.7. The van der Waals surface area contributed by atoms with Gasteiger partial charge in [0.25, 0.3) is 0 Å². The summed E-state index contributed by atoms with van der Waals surface area (Å²) in [5.74, 6) is 2.54. The molecular weight excluding hydrogens is 322 g/mol. The second-order valence-electron chi connectivity index (χ2n) is 5.49. The van der Waals surface area contributed by atoms with Crippen LogP contribution in [-0.2, 0) is 13.5 Å². The van der Waals surface area contributed by atoms with Crippen molar-refractivity contribution < 1.29 is 0 Å². The monoisotopic (exact) mass is 347 g/mol. The fourth-order valence-corrected chi connectivity index (χ4v) is 6.49. The third kappa shape index (κ3) is 4.12. The third-order valence-electron chi connectivity index (χ3n) is 4.03. The summed E-state index contributed by atoms with van der Waals surface area (Å²) in [5, 5.41) is 10.4. The first-order valence-electron chi connectivity index (χ1n) is 7.73. The summed E-state index contributed by atoms with van der Waals surface area (Å²) >= 11 is 10.7. The number of halogens is 1. The first-order valence-corrected chi connectivity index (χ1v) is 10.2. The van der Waals surface area contributed by atoms with E-state index < -0.39 is 0 Å². The van der Waals surface area contributed by atoms with Crippen LogP contribution >= 0.6 is 35.1 Å². The molecule has 1 aliphatic heterocycles. The number of nitrogens with zero attached hydrogens (tertiary/aromatic N) is 2. The molecule has 2 heterocycles. The minimum absolute atomic E-state index is 0.463. The zero-order chi connectivity index (χ0) is 15.4. The van der Waals surface area contributed by atoms with E-state index in [9.17, 15) is 0 Å². The van der Waals surface area contributed by atoms with Gasteiger partial charge in [-0.25, -0.2) is 0 Å².